The van der Waals surface area contributed by atoms with Crippen molar-refractivity contribution in [2.75, 3.05) is 24.5 Å². The quantitative estimate of drug-likeness (QED) is 0.123. The van der Waals surface area contributed by atoms with Crippen molar-refractivity contribution >= 4 is 5.69 Å². The fourth-order valence-electron chi connectivity index (χ4n) is 7.57. The molecule has 0 aromatic heterocycles. The summed E-state index contributed by atoms with van der Waals surface area (Å²) in [6, 6.07) is 31.3. The first-order chi connectivity index (χ1) is 23.6. The summed E-state index contributed by atoms with van der Waals surface area (Å²) in [6.07, 6.45) is 6.75. The first kappa shape index (κ1) is 35.8. The van der Waals surface area contributed by atoms with Gasteiger partial charge in [0.2, 0.25) is 0 Å². The number of anilines is 1. The summed E-state index contributed by atoms with van der Waals surface area (Å²) in [6.45, 7) is 27.5. The molecular formula is C46H57N3. The molecule has 1 aliphatic heterocycles. The number of fused-ring (bicyclic) bond motifs is 1. The molecule has 0 spiro atoms. The van der Waals surface area contributed by atoms with Gasteiger partial charge >= 0.3 is 0 Å². The summed E-state index contributed by atoms with van der Waals surface area (Å²) in [5.74, 6) is 0. The minimum atomic E-state index is 0.266. The van der Waals surface area contributed by atoms with E-state index in [0.29, 0.717) is 0 Å². The standard InChI is InChI=1S/C46H57N3/c1-33-18-20-42(35(3)28-33)23-25-48(39(7)19-21-45-36(4)29-34(2)30-37(45)5)26-24-44(32-41-14-10-9-11-15-41)47-38(6)22-27-49-40(8)31-43-16-12-13-17-46(43)49/h9-18,20,28-30,44,47H,6-8,19,21-27,31-32H2,1-5H3/t44-/m1/s1. The van der Waals surface area contributed by atoms with Crippen molar-refractivity contribution in [1.29, 1.82) is 0 Å². The predicted molar refractivity (Wildman–Crippen MR) is 211 cm³/mol. The van der Waals surface area contributed by atoms with E-state index in [1.807, 2.05) is 0 Å². The average molecular weight is 652 g/mol. The Morgan fingerprint density at radius 3 is 2.20 bits per heavy atom. The second-order valence-electron chi connectivity index (χ2n) is 14.3. The molecule has 0 bridgehead atoms. The summed E-state index contributed by atoms with van der Waals surface area (Å²) in [5, 5.41) is 3.88. The van der Waals surface area contributed by atoms with Crippen molar-refractivity contribution in [3.8, 4) is 0 Å². The van der Waals surface area contributed by atoms with Crippen molar-refractivity contribution < 1.29 is 0 Å². The van der Waals surface area contributed by atoms with Crippen molar-refractivity contribution in [2.45, 2.75) is 85.6 Å². The number of aryl methyl sites for hydroxylation is 5. The van der Waals surface area contributed by atoms with Crippen LogP contribution in [0.25, 0.3) is 0 Å². The van der Waals surface area contributed by atoms with Crippen molar-refractivity contribution in [1.82, 2.24) is 10.2 Å². The van der Waals surface area contributed by atoms with Crippen LogP contribution in [-0.2, 0) is 25.7 Å². The molecule has 0 fully saturated rings. The highest BCUT2D eigenvalue weighted by molar-refractivity contribution is 5.64. The van der Waals surface area contributed by atoms with Gasteiger partial charge in [-0.3, -0.25) is 0 Å². The van der Waals surface area contributed by atoms with Crippen molar-refractivity contribution in [3.05, 3.63) is 172 Å². The van der Waals surface area contributed by atoms with Crippen molar-refractivity contribution in [3.63, 3.8) is 0 Å². The second kappa shape index (κ2) is 16.7. The van der Waals surface area contributed by atoms with E-state index in [1.54, 1.807) is 0 Å². The molecule has 3 nitrogen and oxygen atoms in total. The van der Waals surface area contributed by atoms with Crippen LogP contribution >= 0.6 is 0 Å². The fraction of sp³-hybridized carbons (Fsp3) is 0.348. The van der Waals surface area contributed by atoms with E-state index in [9.17, 15) is 0 Å². The zero-order valence-corrected chi connectivity index (χ0v) is 30.7. The van der Waals surface area contributed by atoms with Crippen molar-refractivity contribution in [2.24, 2.45) is 0 Å². The van der Waals surface area contributed by atoms with Crippen LogP contribution in [-0.4, -0.2) is 30.6 Å². The van der Waals surface area contributed by atoms with Crippen LogP contribution in [0.4, 0.5) is 5.69 Å². The van der Waals surface area contributed by atoms with E-state index in [-0.39, 0.29) is 6.04 Å². The van der Waals surface area contributed by atoms with Gasteiger partial charge in [-0.2, -0.15) is 0 Å². The van der Waals surface area contributed by atoms with Gasteiger partial charge in [0.05, 0.1) is 0 Å². The average Bonchev–Trinajstić information content (AvgIpc) is 3.38. The lowest BCUT2D eigenvalue weighted by atomic mass is 9.95. The number of para-hydroxylation sites is 1. The lowest BCUT2D eigenvalue weighted by Crippen LogP contribution is -2.36. The van der Waals surface area contributed by atoms with Gasteiger partial charge in [0, 0.05) is 61.3 Å². The molecule has 1 atom stereocenters. The summed E-state index contributed by atoms with van der Waals surface area (Å²) in [5.41, 5.74) is 17.2. The SMILES string of the molecule is C=C(CCN1C(=C)Cc2ccccc21)N[C@H](CCN(CCc1ccc(C)cc1C)C(=C)CCc1c(C)cc(C)cc1C)Cc1ccccc1. The van der Waals surface area contributed by atoms with E-state index < -0.39 is 0 Å². The zero-order chi connectivity index (χ0) is 34.9. The second-order valence-corrected chi connectivity index (χ2v) is 14.3. The first-order valence-corrected chi connectivity index (χ1v) is 18.1. The van der Waals surface area contributed by atoms with E-state index in [0.717, 1.165) is 70.3 Å². The van der Waals surface area contributed by atoms with Crippen LogP contribution in [0.1, 0.15) is 69.3 Å². The minimum Gasteiger partial charge on any atom is -0.386 e. The van der Waals surface area contributed by atoms with Crippen LogP contribution in [0.5, 0.6) is 0 Å². The van der Waals surface area contributed by atoms with Gasteiger partial charge in [0.15, 0.2) is 0 Å². The highest BCUT2D eigenvalue weighted by atomic mass is 15.2. The third-order valence-electron chi connectivity index (χ3n) is 10.3. The number of benzene rings is 4. The molecule has 0 radical (unpaired) electrons. The minimum absolute atomic E-state index is 0.266. The molecule has 1 N–H and O–H groups in total. The largest absolute Gasteiger partial charge is 0.386 e. The molecule has 256 valence electrons. The number of allylic oxidation sites excluding steroid dienone is 2. The smallest absolute Gasteiger partial charge is 0.0444 e. The molecule has 4 aromatic rings. The maximum absolute atomic E-state index is 4.69. The van der Waals surface area contributed by atoms with E-state index in [2.05, 4.69) is 148 Å². The fourth-order valence-corrected chi connectivity index (χ4v) is 7.57. The van der Waals surface area contributed by atoms with Crippen LogP contribution in [0.2, 0.25) is 0 Å². The molecule has 4 aromatic carbocycles. The molecule has 0 aliphatic carbocycles. The number of nitrogens with zero attached hydrogens (tertiary/aromatic N) is 2. The Morgan fingerprint density at radius 1 is 0.776 bits per heavy atom. The maximum atomic E-state index is 4.69. The molecule has 0 saturated heterocycles. The lowest BCUT2D eigenvalue weighted by molar-refractivity contribution is 0.312. The Kier molecular flexibility index (Phi) is 12.2. The van der Waals surface area contributed by atoms with E-state index >= 15 is 0 Å². The number of nitrogens with one attached hydrogen (secondary N) is 1. The Labute approximate surface area is 297 Å². The van der Waals surface area contributed by atoms with Gasteiger partial charge in [0.25, 0.3) is 0 Å². The van der Waals surface area contributed by atoms with Gasteiger partial charge in [-0.1, -0.05) is 110 Å². The molecular weight excluding hydrogens is 595 g/mol. The molecule has 49 heavy (non-hydrogen) atoms. The maximum Gasteiger partial charge on any atom is 0.0444 e. The normalized spacial score (nSPS) is 12.9. The lowest BCUT2D eigenvalue weighted by Gasteiger charge is -2.31. The number of rotatable bonds is 17. The zero-order valence-electron chi connectivity index (χ0n) is 30.7. The number of hydrogen-bond donors (Lipinski definition) is 1. The summed E-state index contributed by atoms with van der Waals surface area (Å²) in [7, 11) is 0. The van der Waals surface area contributed by atoms with Crippen LogP contribution in [0.3, 0.4) is 0 Å². The molecule has 0 unspecified atom stereocenters. The highest BCUT2D eigenvalue weighted by Crippen LogP contribution is 2.33. The molecule has 1 aliphatic rings. The van der Waals surface area contributed by atoms with Gasteiger partial charge in [-0.25, -0.2) is 0 Å². The van der Waals surface area contributed by atoms with Crippen LogP contribution < -0.4 is 10.2 Å². The van der Waals surface area contributed by atoms with E-state index in [1.165, 1.54) is 67.2 Å². The highest BCUT2D eigenvalue weighted by Gasteiger charge is 2.22. The molecule has 0 saturated carbocycles. The Morgan fingerprint density at radius 2 is 1.47 bits per heavy atom. The molecule has 0 amide bonds. The molecule has 5 rings (SSSR count). The number of hydrogen-bond acceptors (Lipinski definition) is 3. The summed E-state index contributed by atoms with van der Waals surface area (Å²) < 4.78 is 0. The Balaban J connectivity index is 1.28. The monoisotopic (exact) mass is 651 g/mol. The third kappa shape index (κ3) is 9.79. The summed E-state index contributed by atoms with van der Waals surface area (Å²) >= 11 is 0. The molecule has 3 heteroatoms. The predicted octanol–water partition coefficient (Wildman–Crippen LogP) is 10.3. The Bertz CT molecular complexity index is 1740. The summed E-state index contributed by atoms with van der Waals surface area (Å²) in [4.78, 5) is 4.93. The van der Waals surface area contributed by atoms with Gasteiger partial charge in [-0.15, -0.1) is 0 Å². The van der Waals surface area contributed by atoms with Gasteiger partial charge in [-0.05, 0) is 112 Å². The van der Waals surface area contributed by atoms with Crippen LogP contribution in [0, 0.1) is 34.6 Å². The van der Waals surface area contributed by atoms with Gasteiger partial charge in [0.1, 0.15) is 0 Å². The molecule has 1 heterocycles. The topological polar surface area (TPSA) is 18.5 Å². The van der Waals surface area contributed by atoms with Gasteiger partial charge < -0.3 is 15.1 Å². The third-order valence-corrected chi connectivity index (χ3v) is 10.3. The first-order valence-electron chi connectivity index (χ1n) is 18.1. The van der Waals surface area contributed by atoms with Crippen LogP contribution in [0.15, 0.2) is 122 Å². The Hall–Kier alpha value is -4.50. The van der Waals surface area contributed by atoms with E-state index in [4.69, 9.17) is 6.58 Å².